The molecule has 2 fully saturated rings. The summed E-state index contributed by atoms with van der Waals surface area (Å²) in [5.74, 6) is 0.194. The van der Waals surface area contributed by atoms with Gasteiger partial charge in [-0.15, -0.1) is 0 Å². The van der Waals surface area contributed by atoms with Crippen molar-refractivity contribution in [3.8, 4) is 11.5 Å². The van der Waals surface area contributed by atoms with Crippen LogP contribution in [0.5, 0.6) is 11.5 Å². The van der Waals surface area contributed by atoms with E-state index in [1.54, 1.807) is 7.11 Å². The third-order valence-corrected chi connectivity index (χ3v) is 8.82. The lowest BCUT2D eigenvalue weighted by atomic mass is 9.77. The van der Waals surface area contributed by atoms with Gasteiger partial charge in [0.15, 0.2) is 17.0 Å². The van der Waals surface area contributed by atoms with Gasteiger partial charge in [0.2, 0.25) is 0 Å². The summed E-state index contributed by atoms with van der Waals surface area (Å²) in [5.41, 5.74) is 2.92. The number of hydrogen-bond acceptors (Lipinski definition) is 6. The van der Waals surface area contributed by atoms with E-state index >= 15 is 0 Å². The zero-order chi connectivity index (χ0) is 26.6. The summed E-state index contributed by atoms with van der Waals surface area (Å²) in [7, 11) is 1.56. The molecule has 0 saturated carbocycles. The van der Waals surface area contributed by atoms with E-state index in [-0.39, 0.29) is 16.9 Å². The molecule has 6 rings (SSSR count). The first-order chi connectivity index (χ1) is 18.4. The van der Waals surface area contributed by atoms with Crippen LogP contribution in [-0.2, 0) is 16.9 Å². The van der Waals surface area contributed by atoms with Gasteiger partial charge in [-0.2, -0.15) is 0 Å². The van der Waals surface area contributed by atoms with Gasteiger partial charge in [0, 0.05) is 28.8 Å². The first kappa shape index (κ1) is 24.9. The van der Waals surface area contributed by atoms with Crippen LogP contribution in [0, 0.1) is 17.0 Å². The zero-order valence-corrected chi connectivity index (χ0v) is 22.7. The molecular weight excluding hydrogens is 550 g/mol. The first-order valence-corrected chi connectivity index (χ1v) is 13.5. The molecule has 1 spiro atoms. The summed E-state index contributed by atoms with van der Waals surface area (Å²) in [6, 6.07) is 17.9. The number of fused-ring (bicyclic) bond motifs is 4. The molecule has 3 heterocycles. The van der Waals surface area contributed by atoms with Crippen LogP contribution in [0.25, 0.3) is 0 Å². The molecule has 3 aromatic rings. The van der Waals surface area contributed by atoms with Gasteiger partial charge in [0.1, 0.15) is 6.61 Å². The molecule has 8 nitrogen and oxygen atoms in total. The Bertz CT molecular complexity index is 1430. The number of nitrogens with one attached hydrogen (secondary N) is 1. The number of methoxy groups -OCH3 is 1. The van der Waals surface area contributed by atoms with Crippen molar-refractivity contribution in [2.45, 2.75) is 49.9 Å². The number of nitrogens with zero attached hydrogens (tertiary/aromatic N) is 2. The standard InChI is InChI=1S/C29H28BrN3O5/c1-17-9-11-18(12-10-17)16-38-26-21(30)14-19(15-24(26)37-2)25-23-8-5-13-32(23)29(27(25)33(35)36)20-6-3-4-7-22(20)31-28(29)34/h3-4,6-7,9-12,14-15,23,25,27H,5,8,13,16H2,1-2H3,(H,31,34)/t23-,25+,27-,29-/m0/s1. The highest BCUT2D eigenvalue weighted by molar-refractivity contribution is 9.10. The van der Waals surface area contributed by atoms with E-state index in [4.69, 9.17) is 9.47 Å². The van der Waals surface area contributed by atoms with E-state index in [9.17, 15) is 14.9 Å². The van der Waals surface area contributed by atoms with Crippen molar-refractivity contribution in [1.29, 1.82) is 0 Å². The number of anilines is 1. The fraction of sp³-hybridized carbons (Fsp3) is 0.345. The Morgan fingerprint density at radius 3 is 2.68 bits per heavy atom. The van der Waals surface area contributed by atoms with Crippen LogP contribution in [0.15, 0.2) is 65.1 Å². The van der Waals surface area contributed by atoms with Crippen molar-refractivity contribution in [3.63, 3.8) is 0 Å². The fourth-order valence-electron chi connectivity index (χ4n) is 6.69. The molecule has 3 aliphatic heterocycles. The highest BCUT2D eigenvalue weighted by Crippen LogP contribution is 2.58. The van der Waals surface area contributed by atoms with E-state index < -0.39 is 17.5 Å². The normalized spacial score (nSPS) is 25.8. The molecule has 3 aromatic carbocycles. The topological polar surface area (TPSA) is 93.9 Å². The average molecular weight is 578 g/mol. The van der Waals surface area contributed by atoms with E-state index in [0.717, 1.165) is 24.0 Å². The predicted molar refractivity (Wildman–Crippen MR) is 146 cm³/mol. The number of hydrogen-bond donors (Lipinski definition) is 1. The third kappa shape index (κ3) is 3.63. The summed E-state index contributed by atoms with van der Waals surface area (Å²) in [6.45, 7) is 3.02. The maximum absolute atomic E-state index is 13.7. The molecule has 4 atom stereocenters. The highest BCUT2D eigenvalue weighted by Gasteiger charge is 2.73. The van der Waals surface area contributed by atoms with Crippen molar-refractivity contribution < 1.29 is 19.2 Å². The minimum Gasteiger partial charge on any atom is -0.493 e. The smallest absolute Gasteiger partial charge is 0.256 e. The SMILES string of the molecule is COc1cc([C@H]2[C@H]([N+](=O)[O-])[C@@]3(C(=O)Nc4ccccc43)N3CCC[C@@H]23)cc(Br)c1OCc1ccc(C)cc1. The van der Waals surface area contributed by atoms with Gasteiger partial charge in [-0.3, -0.25) is 19.8 Å². The number of rotatable bonds is 6. The summed E-state index contributed by atoms with van der Waals surface area (Å²) < 4.78 is 12.5. The lowest BCUT2D eigenvalue weighted by molar-refractivity contribution is -0.534. The maximum Gasteiger partial charge on any atom is 0.256 e. The number of aryl methyl sites for hydroxylation is 1. The second-order valence-corrected chi connectivity index (χ2v) is 11.1. The van der Waals surface area contributed by atoms with E-state index in [2.05, 4.69) is 26.1 Å². The van der Waals surface area contributed by atoms with Crippen LogP contribution in [0.3, 0.4) is 0 Å². The number of nitro groups is 1. The van der Waals surface area contributed by atoms with Crippen molar-refractivity contribution in [3.05, 3.63) is 97.5 Å². The number of carbonyl (C=O) groups is 1. The molecule has 1 N–H and O–H groups in total. The number of benzene rings is 3. The molecule has 0 radical (unpaired) electrons. The fourth-order valence-corrected chi connectivity index (χ4v) is 7.26. The molecule has 0 bridgehead atoms. The Kier molecular flexibility index (Phi) is 6.15. The third-order valence-electron chi connectivity index (χ3n) is 8.23. The quantitative estimate of drug-likeness (QED) is 0.311. The maximum atomic E-state index is 13.7. The lowest BCUT2D eigenvalue weighted by Crippen LogP contribution is -2.55. The molecule has 2 saturated heterocycles. The molecule has 0 aromatic heterocycles. The summed E-state index contributed by atoms with van der Waals surface area (Å²) >= 11 is 3.65. The monoisotopic (exact) mass is 577 g/mol. The molecule has 9 heteroatoms. The molecule has 3 aliphatic rings. The van der Waals surface area contributed by atoms with Crippen molar-refractivity contribution in [2.75, 3.05) is 19.0 Å². The highest BCUT2D eigenvalue weighted by atomic mass is 79.9. The largest absolute Gasteiger partial charge is 0.493 e. The Hall–Kier alpha value is -3.43. The van der Waals surface area contributed by atoms with E-state index in [1.165, 1.54) is 5.56 Å². The number of para-hydroxylation sites is 1. The van der Waals surface area contributed by atoms with Crippen LogP contribution in [-0.4, -0.2) is 41.5 Å². The first-order valence-electron chi connectivity index (χ1n) is 12.7. The minimum atomic E-state index is -1.35. The van der Waals surface area contributed by atoms with Gasteiger partial charge in [0.05, 0.1) is 17.5 Å². The van der Waals surface area contributed by atoms with Crippen LogP contribution in [0.2, 0.25) is 0 Å². The van der Waals surface area contributed by atoms with E-state index in [0.29, 0.717) is 40.4 Å². The molecule has 196 valence electrons. The van der Waals surface area contributed by atoms with Crippen LogP contribution < -0.4 is 14.8 Å². The Morgan fingerprint density at radius 2 is 1.95 bits per heavy atom. The van der Waals surface area contributed by atoms with Crippen LogP contribution in [0.4, 0.5) is 5.69 Å². The number of amides is 1. The number of ether oxygens (including phenoxy) is 2. The molecular formula is C29H28BrN3O5. The summed E-state index contributed by atoms with van der Waals surface area (Å²) in [4.78, 5) is 28.3. The predicted octanol–water partition coefficient (Wildman–Crippen LogP) is 5.40. The molecule has 0 unspecified atom stereocenters. The van der Waals surface area contributed by atoms with Crippen molar-refractivity contribution >= 4 is 27.5 Å². The average Bonchev–Trinajstić information content (AvgIpc) is 3.57. The Morgan fingerprint density at radius 1 is 1.18 bits per heavy atom. The Labute approximate surface area is 229 Å². The molecule has 38 heavy (non-hydrogen) atoms. The van der Waals surface area contributed by atoms with Gasteiger partial charge in [-0.05, 0) is 65.0 Å². The van der Waals surface area contributed by atoms with Gasteiger partial charge in [-0.1, -0.05) is 48.0 Å². The number of carbonyl (C=O) groups excluding carboxylic acids is 1. The minimum absolute atomic E-state index is 0.154. The van der Waals surface area contributed by atoms with Gasteiger partial charge in [0.25, 0.3) is 11.9 Å². The Balaban J connectivity index is 1.42. The second kappa shape index (κ2) is 9.39. The van der Waals surface area contributed by atoms with Crippen LogP contribution in [0.1, 0.15) is 41.0 Å². The summed E-state index contributed by atoms with van der Waals surface area (Å²) in [5, 5.41) is 15.8. The zero-order valence-electron chi connectivity index (χ0n) is 21.1. The molecule has 0 aliphatic carbocycles. The van der Waals surface area contributed by atoms with Gasteiger partial charge >= 0.3 is 0 Å². The second-order valence-electron chi connectivity index (χ2n) is 10.2. The van der Waals surface area contributed by atoms with Crippen LogP contribution >= 0.6 is 15.9 Å². The summed E-state index contributed by atoms with van der Waals surface area (Å²) in [6.07, 6.45) is 1.65. The van der Waals surface area contributed by atoms with E-state index in [1.807, 2.05) is 67.6 Å². The van der Waals surface area contributed by atoms with Gasteiger partial charge in [-0.25, -0.2) is 0 Å². The van der Waals surface area contributed by atoms with Crippen molar-refractivity contribution in [2.24, 2.45) is 0 Å². The van der Waals surface area contributed by atoms with Gasteiger partial charge < -0.3 is 14.8 Å². The molecule has 1 amide bonds. The van der Waals surface area contributed by atoms with Crippen molar-refractivity contribution in [1.82, 2.24) is 4.90 Å². The number of halogens is 1. The lowest BCUT2D eigenvalue weighted by Gasteiger charge is -2.32.